The maximum atomic E-state index is 14.0. The third-order valence-electron chi connectivity index (χ3n) is 5.08. The predicted molar refractivity (Wildman–Crippen MR) is 113 cm³/mol. The lowest BCUT2D eigenvalue weighted by molar-refractivity contribution is -0.139. The average molecular weight is 444 g/mol. The number of hydrogen-bond acceptors (Lipinski definition) is 5. The highest BCUT2D eigenvalue weighted by atomic mass is 32.1. The van der Waals surface area contributed by atoms with Crippen molar-refractivity contribution in [2.45, 2.75) is 13.1 Å². The third-order valence-corrected chi connectivity index (χ3v) is 6.09. The van der Waals surface area contributed by atoms with Gasteiger partial charge in [0.05, 0.1) is 13.7 Å². The molecule has 0 unspecified atom stereocenters. The number of thiophene rings is 1. The normalized spacial score (nSPS) is 11.3. The van der Waals surface area contributed by atoms with Crippen LogP contribution in [0.25, 0.3) is 21.0 Å². The number of aromatic carboxylic acids is 1. The van der Waals surface area contributed by atoms with Gasteiger partial charge in [0.15, 0.2) is 0 Å². The van der Waals surface area contributed by atoms with Crippen LogP contribution in [0.2, 0.25) is 0 Å². The van der Waals surface area contributed by atoms with E-state index >= 15 is 0 Å². The van der Waals surface area contributed by atoms with Crippen LogP contribution in [0.1, 0.15) is 21.6 Å². The largest absolute Gasteiger partial charge is 0.477 e. The van der Waals surface area contributed by atoms with Crippen molar-refractivity contribution in [3.8, 4) is 0 Å². The number of esters is 1. The van der Waals surface area contributed by atoms with Gasteiger partial charge in [0.25, 0.3) is 0 Å². The summed E-state index contributed by atoms with van der Waals surface area (Å²) in [5.41, 5.74) is 1.63. The molecule has 2 heterocycles. The van der Waals surface area contributed by atoms with Gasteiger partial charge in [-0.25, -0.2) is 13.6 Å². The number of benzene rings is 2. The molecule has 0 bridgehead atoms. The van der Waals surface area contributed by atoms with E-state index in [1.165, 1.54) is 48.8 Å². The molecular weight excluding hydrogens is 426 g/mol. The van der Waals surface area contributed by atoms with Crippen LogP contribution < -0.4 is 5.32 Å². The molecular formula is C22H18F2N2O4S. The van der Waals surface area contributed by atoms with Gasteiger partial charge in [-0.3, -0.25) is 4.79 Å². The molecule has 0 aliphatic carbocycles. The van der Waals surface area contributed by atoms with Crippen LogP contribution >= 0.6 is 11.3 Å². The Bertz CT molecular complexity index is 1310. The Labute approximate surface area is 179 Å². The Morgan fingerprint density at radius 2 is 1.84 bits per heavy atom. The van der Waals surface area contributed by atoms with Gasteiger partial charge >= 0.3 is 11.9 Å². The van der Waals surface area contributed by atoms with Crippen LogP contribution in [0.3, 0.4) is 0 Å². The van der Waals surface area contributed by atoms with Gasteiger partial charge in [-0.2, -0.15) is 0 Å². The van der Waals surface area contributed by atoms with Crippen LogP contribution in [-0.2, 0) is 22.6 Å². The number of nitrogens with zero attached hydrogens (tertiary/aromatic N) is 1. The predicted octanol–water partition coefficient (Wildman–Crippen LogP) is 4.14. The Hall–Kier alpha value is -3.30. The maximum Gasteiger partial charge on any atom is 0.352 e. The van der Waals surface area contributed by atoms with E-state index in [2.05, 4.69) is 10.1 Å². The summed E-state index contributed by atoms with van der Waals surface area (Å²) in [4.78, 5) is 23.6. The summed E-state index contributed by atoms with van der Waals surface area (Å²) in [5, 5.41) is 15.8. The fraction of sp³-hybridized carbons (Fsp3) is 0.182. The Morgan fingerprint density at radius 3 is 2.55 bits per heavy atom. The second-order valence-corrected chi connectivity index (χ2v) is 7.87. The van der Waals surface area contributed by atoms with Crippen molar-refractivity contribution in [2.75, 3.05) is 13.7 Å². The van der Waals surface area contributed by atoms with Crippen molar-refractivity contribution >= 4 is 44.3 Å². The third kappa shape index (κ3) is 4.01. The minimum Gasteiger partial charge on any atom is -0.477 e. The first-order valence-electron chi connectivity index (χ1n) is 9.36. The van der Waals surface area contributed by atoms with Gasteiger partial charge in [0.1, 0.15) is 17.3 Å². The molecule has 2 aromatic heterocycles. The number of methoxy groups -OCH3 is 1. The van der Waals surface area contributed by atoms with Crippen molar-refractivity contribution in [2.24, 2.45) is 0 Å². The number of hydrogen-bond donors (Lipinski definition) is 2. The van der Waals surface area contributed by atoms with E-state index in [9.17, 15) is 23.5 Å². The second kappa shape index (κ2) is 8.44. The smallest absolute Gasteiger partial charge is 0.352 e. The number of carbonyl (C=O) groups excluding carboxylic acids is 1. The van der Waals surface area contributed by atoms with Crippen molar-refractivity contribution in [3.05, 3.63) is 70.2 Å². The first-order chi connectivity index (χ1) is 14.9. The van der Waals surface area contributed by atoms with Crippen LogP contribution in [0.15, 0.2) is 41.8 Å². The number of ether oxygens (including phenoxy) is 1. The first-order valence-corrected chi connectivity index (χ1v) is 10.2. The van der Waals surface area contributed by atoms with Crippen LogP contribution in [-0.4, -0.2) is 35.3 Å². The minimum atomic E-state index is -1.18. The fourth-order valence-corrected chi connectivity index (χ4v) is 4.63. The number of carboxylic acid groups (broad SMARTS) is 1. The van der Waals surface area contributed by atoms with E-state index in [-0.39, 0.29) is 31.1 Å². The molecule has 0 saturated carbocycles. The van der Waals surface area contributed by atoms with Crippen molar-refractivity contribution in [1.82, 2.24) is 9.88 Å². The molecule has 2 aromatic carbocycles. The molecule has 0 spiro atoms. The molecule has 4 aromatic rings. The topological polar surface area (TPSA) is 80.6 Å². The van der Waals surface area contributed by atoms with E-state index in [0.29, 0.717) is 21.9 Å². The number of halogens is 2. The van der Waals surface area contributed by atoms with Crippen molar-refractivity contribution < 1.29 is 28.2 Å². The standard InChI is InChI=1S/C22H18F2N2O4S/c1-30-20(27)9-25-8-17-16-7-13(23)2-4-18(16)26(21(17)22(28)29)10-12-11-31-19-5-3-14(24)6-15(12)19/h2-7,11,25H,8-10H2,1H3,(H,28,29). The van der Waals surface area contributed by atoms with Gasteiger partial charge in [0.2, 0.25) is 0 Å². The lowest BCUT2D eigenvalue weighted by Crippen LogP contribution is -2.24. The number of carbonyl (C=O) groups is 2. The zero-order valence-corrected chi connectivity index (χ0v) is 17.3. The monoisotopic (exact) mass is 444 g/mol. The highest BCUT2D eigenvalue weighted by molar-refractivity contribution is 7.17. The van der Waals surface area contributed by atoms with Crippen LogP contribution in [0, 0.1) is 11.6 Å². The molecule has 9 heteroatoms. The maximum absolute atomic E-state index is 14.0. The molecule has 2 N–H and O–H groups in total. The van der Waals surface area contributed by atoms with E-state index in [1.807, 2.05) is 5.38 Å². The summed E-state index contributed by atoms with van der Waals surface area (Å²) < 4.78 is 34.8. The molecule has 31 heavy (non-hydrogen) atoms. The zero-order chi connectivity index (χ0) is 22.1. The number of aromatic nitrogens is 1. The molecule has 0 radical (unpaired) electrons. The van der Waals surface area contributed by atoms with E-state index in [4.69, 9.17) is 0 Å². The molecule has 0 fully saturated rings. The number of fused-ring (bicyclic) bond motifs is 2. The first kappa shape index (κ1) is 21.0. The van der Waals surface area contributed by atoms with E-state index in [0.717, 1.165) is 10.3 Å². The Balaban J connectivity index is 1.83. The lowest BCUT2D eigenvalue weighted by atomic mass is 10.1. The van der Waals surface area contributed by atoms with E-state index in [1.54, 1.807) is 10.6 Å². The molecule has 0 aliphatic rings. The Morgan fingerprint density at radius 1 is 1.13 bits per heavy atom. The zero-order valence-electron chi connectivity index (χ0n) is 16.4. The van der Waals surface area contributed by atoms with Crippen molar-refractivity contribution in [1.29, 1.82) is 0 Å². The molecule has 0 aliphatic heterocycles. The summed E-state index contributed by atoms with van der Waals surface area (Å²) in [7, 11) is 1.25. The number of carboxylic acids is 1. The summed E-state index contributed by atoms with van der Waals surface area (Å²) in [5.74, 6) is -2.56. The highest BCUT2D eigenvalue weighted by Crippen LogP contribution is 2.32. The van der Waals surface area contributed by atoms with Gasteiger partial charge in [-0.05, 0) is 47.3 Å². The summed E-state index contributed by atoms with van der Waals surface area (Å²) in [6.07, 6.45) is 0. The second-order valence-electron chi connectivity index (χ2n) is 6.96. The number of rotatable bonds is 7. The number of nitrogens with one attached hydrogen (secondary N) is 1. The fourth-order valence-electron chi connectivity index (χ4n) is 3.69. The molecule has 0 amide bonds. The molecule has 0 atom stereocenters. The average Bonchev–Trinajstić information content (AvgIpc) is 3.26. The summed E-state index contributed by atoms with van der Waals surface area (Å²) in [6, 6.07) is 8.55. The molecule has 0 saturated heterocycles. The SMILES string of the molecule is COC(=O)CNCc1c(C(=O)O)n(Cc2csc3ccc(F)cc23)c2ccc(F)cc12. The summed E-state index contributed by atoms with van der Waals surface area (Å²) >= 11 is 1.44. The van der Waals surface area contributed by atoms with Crippen LogP contribution in [0.5, 0.6) is 0 Å². The molecule has 160 valence electrons. The van der Waals surface area contributed by atoms with Gasteiger partial charge in [-0.15, -0.1) is 11.3 Å². The summed E-state index contributed by atoms with van der Waals surface area (Å²) in [6.45, 7) is 0.0823. The van der Waals surface area contributed by atoms with Gasteiger partial charge in [0, 0.05) is 39.6 Å². The quantitative estimate of drug-likeness (QED) is 0.419. The molecule has 4 rings (SSSR count). The van der Waals surface area contributed by atoms with Gasteiger partial charge in [-0.1, -0.05) is 0 Å². The highest BCUT2D eigenvalue weighted by Gasteiger charge is 2.23. The van der Waals surface area contributed by atoms with Crippen molar-refractivity contribution in [3.63, 3.8) is 0 Å². The van der Waals surface area contributed by atoms with Crippen LogP contribution in [0.4, 0.5) is 8.78 Å². The van der Waals surface area contributed by atoms with E-state index < -0.39 is 17.8 Å². The Kier molecular flexibility index (Phi) is 5.71. The molecule has 6 nitrogen and oxygen atoms in total. The van der Waals surface area contributed by atoms with Gasteiger partial charge < -0.3 is 19.7 Å². The lowest BCUT2D eigenvalue weighted by Gasteiger charge is -2.09. The minimum absolute atomic E-state index is 0.0197.